The van der Waals surface area contributed by atoms with Gasteiger partial charge in [0.05, 0.1) is 11.4 Å². The molecule has 1 aliphatic heterocycles. The molecule has 3 rings (SSSR count). The molecule has 1 atom stereocenters. The van der Waals surface area contributed by atoms with Crippen molar-refractivity contribution in [3.05, 3.63) is 35.7 Å². The maximum absolute atomic E-state index is 12.7. The van der Waals surface area contributed by atoms with Crippen LogP contribution in [0.2, 0.25) is 0 Å². The number of carbonyl (C=O) groups is 1. The molecule has 1 aromatic carbocycles. The predicted molar refractivity (Wildman–Crippen MR) is 93.3 cm³/mol. The van der Waals surface area contributed by atoms with Gasteiger partial charge in [-0.15, -0.1) is 17.5 Å². The Kier molecular flexibility index (Phi) is 6.49. The smallest absolute Gasteiger partial charge is 0.387 e. The van der Waals surface area contributed by atoms with Gasteiger partial charge in [0.25, 0.3) is 5.91 Å². The lowest BCUT2D eigenvalue weighted by atomic mass is 10.2. The number of ether oxygens (including phenoxy) is 1. The molecule has 0 radical (unpaired) electrons. The van der Waals surface area contributed by atoms with E-state index in [0.29, 0.717) is 11.4 Å². The summed E-state index contributed by atoms with van der Waals surface area (Å²) in [5.74, 6) is -0.128. The third-order valence-electron chi connectivity index (χ3n) is 4.31. The molecule has 26 heavy (non-hydrogen) atoms. The SMILES string of the molecule is Cc1c(C(=O)N(C)C2CCNC2)nnn1-c1ccc(OC(F)F)cc1.Cl. The fourth-order valence-electron chi connectivity index (χ4n) is 2.84. The van der Waals surface area contributed by atoms with Gasteiger partial charge >= 0.3 is 6.61 Å². The third kappa shape index (κ3) is 4.10. The highest BCUT2D eigenvalue weighted by molar-refractivity contribution is 5.93. The monoisotopic (exact) mass is 387 g/mol. The summed E-state index contributed by atoms with van der Waals surface area (Å²) in [6.07, 6.45) is 0.904. The van der Waals surface area contributed by atoms with Crippen LogP contribution in [-0.2, 0) is 0 Å². The highest BCUT2D eigenvalue weighted by atomic mass is 35.5. The number of nitrogens with zero attached hydrogens (tertiary/aromatic N) is 4. The van der Waals surface area contributed by atoms with Crippen LogP contribution in [0.3, 0.4) is 0 Å². The standard InChI is InChI=1S/C16H19F2N5O2.ClH/c1-10-14(15(24)22(2)12-7-8-19-9-12)20-21-23(10)11-3-5-13(6-4-11)25-16(17)18;/h3-6,12,16,19H,7-9H2,1-2H3;1H. The van der Waals surface area contributed by atoms with Gasteiger partial charge < -0.3 is 15.0 Å². The van der Waals surface area contributed by atoms with Gasteiger partial charge in [0, 0.05) is 19.6 Å². The molecule has 1 unspecified atom stereocenters. The maximum atomic E-state index is 12.7. The average molecular weight is 388 g/mol. The minimum atomic E-state index is -2.87. The second-order valence-corrected chi connectivity index (χ2v) is 5.87. The number of alkyl halides is 2. The Morgan fingerprint density at radius 3 is 2.65 bits per heavy atom. The molecule has 0 bridgehead atoms. The molecule has 0 spiro atoms. The average Bonchev–Trinajstić information content (AvgIpc) is 3.24. The summed E-state index contributed by atoms with van der Waals surface area (Å²) in [6.45, 7) is 0.531. The molecule has 0 aliphatic carbocycles. The van der Waals surface area contributed by atoms with E-state index in [9.17, 15) is 13.6 Å². The van der Waals surface area contributed by atoms with Gasteiger partial charge in [-0.05, 0) is 44.2 Å². The molecular formula is C16H20ClF2N5O2. The Balaban J connectivity index is 0.00000243. The zero-order valence-electron chi connectivity index (χ0n) is 14.4. The van der Waals surface area contributed by atoms with Gasteiger partial charge in [-0.1, -0.05) is 5.21 Å². The topological polar surface area (TPSA) is 72.3 Å². The van der Waals surface area contributed by atoms with E-state index >= 15 is 0 Å². The van der Waals surface area contributed by atoms with Crippen molar-refractivity contribution >= 4 is 18.3 Å². The lowest BCUT2D eigenvalue weighted by Gasteiger charge is -2.22. The van der Waals surface area contributed by atoms with Crippen molar-refractivity contribution in [2.24, 2.45) is 0 Å². The van der Waals surface area contributed by atoms with Crippen molar-refractivity contribution in [2.75, 3.05) is 20.1 Å². The van der Waals surface area contributed by atoms with Gasteiger partial charge in [-0.2, -0.15) is 8.78 Å². The number of amides is 1. The molecule has 7 nitrogen and oxygen atoms in total. The van der Waals surface area contributed by atoms with E-state index in [0.717, 1.165) is 19.5 Å². The lowest BCUT2D eigenvalue weighted by Crippen LogP contribution is -2.38. The summed E-state index contributed by atoms with van der Waals surface area (Å²) >= 11 is 0. The van der Waals surface area contributed by atoms with Gasteiger partial charge in [-0.3, -0.25) is 4.79 Å². The number of nitrogens with one attached hydrogen (secondary N) is 1. The largest absolute Gasteiger partial charge is 0.435 e. The lowest BCUT2D eigenvalue weighted by molar-refractivity contribution is -0.0498. The van der Waals surface area contributed by atoms with Gasteiger partial charge in [0.1, 0.15) is 5.75 Å². The van der Waals surface area contributed by atoms with Crippen LogP contribution in [0, 0.1) is 6.92 Å². The highest BCUT2D eigenvalue weighted by Crippen LogP contribution is 2.19. The molecule has 0 saturated carbocycles. The quantitative estimate of drug-likeness (QED) is 0.850. The third-order valence-corrected chi connectivity index (χ3v) is 4.31. The number of likely N-dealkylation sites (N-methyl/N-ethyl adjacent to an activating group) is 1. The van der Waals surface area contributed by atoms with Crippen molar-refractivity contribution in [1.29, 1.82) is 0 Å². The van der Waals surface area contributed by atoms with Gasteiger partial charge in [0.15, 0.2) is 5.69 Å². The molecule has 1 fully saturated rings. The normalized spacial score (nSPS) is 16.4. The van der Waals surface area contributed by atoms with Crippen molar-refractivity contribution < 1.29 is 18.3 Å². The van der Waals surface area contributed by atoms with Crippen LogP contribution in [0.15, 0.2) is 24.3 Å². The van der Waals surface area contributed by atoms with Crippen molar-refractivity contribution in [2.45, 2.75) is 26.0 Å². The number of halogens is 3. The van der Waals surface area contributed by atoms with Crippen molar-refractivity contribution in [3.63, 3.8) is 0 Å². The Morgan fingerprint density at radius 1 is 1.38 bits per heavy atom. The Morgan fingerprint density at radius 2 is 2.08 bits per heavy atom. The molecule has 10 heteroatoms. The molecule has 1 saturated heterocycles. The van der Waals surface area contributed by atoms with E-state index in [-0.39, 0.29) is 35.8 Å². The van der Waals surface area contributed by atoms with E-state index in [2.05, 4.69) is 20.4 Å². The number of carbonyl (C=O) groups excluding carboxylic acids is 1. The van der Waals surface area contributed by atoms with E-state index in [1.807, 2.05) is 0 Å². The van der Waals surface area contributed by atoms with Crippen LogP contribution < -0.4 is 10.1 Å². The molecule has 1 aromatic heterocycles. The predicted octanol–water partition coefficient (Wildman–Crippen LogP) is 2.03. The Labute approximate surface area is 155 Å². The first kappa shape index (κ1) is 20.1. The van der Waals surface area contributed by atoms with Crippen molar-refractivity contribution in [1.82, 2.24) is 25.2 Å². The first-order valence-electron chi connectivity index (χ1n) is 7.93. The molecule has 2 heterocycles. The van der Waals surface area contributed by atoms with E-state index in [1.54, 1.807) is 31.0 Å². The van der Waals surface area contributed by atoms with Crippen LogP contribution in [0.5, 0.6) is 5.75 Å². The summed E-state index contributed by atoms with van der Waals surface area (Å²) in [5, 5.41) is 11.3. The van der Waals surface area contributed by atoms with Gasteiger partial charge in [-0.25, -0.2) is 4.68 Å². The molecular weight excluding hydrogens is 368 g/mol. The minimum absolute atomic E-state index is 0. The number of rotatable bonds is 5. The number of benzene rings is 1. The molecule has 1 amide bonds. The number of hydrogen-bond donors (Lipinski definition) is 1. The fourth-order valence-corrected chi connectivity index (χ4v) is 2.84. The first-order valence-corrected chi connectivity index (χ1v) is 7.93. The Bertz CT molecular complexity index is 748. The second kappa shape index (κ2) is 8.41. The summed E-state index contributed by atoms with van der Waals surface area (Å²) in [5.41, 5.74) is 1.48. The first-order chi connectivity index (χ1) is 12.0. The summed E-state index contributed by atoms with van der Waals surface area (Å²) < 4.78 is 30.2. The molecule has 2 aromatic rings. The Hall–Kier alpha value is -2.26. The van der Waals surface area contributed by atoms with E-state index < -0.39 is 6.61 Å². The highest BCUT2D eigenvalue weighted by Gasteiger charge is 2.27. The van der Waals surface area contributed by atoms with E-state index in [1.165, 1.54) is 16.8 Å². The van der Waals surface area contributed by atoms with Crippen LogP contribution >= 0.6 is 12.4 Å². The van der Waals surface area contributed by atoms with Crippen LogP contribution in [0.25, 0.3) is 5.69 Å². The van der Waals surface area contributed by atoms with Crippen LogP contribution in [0.4, 0.5) is 8.78 Å². The maximum Gasteiger partial charge on any atom is 0.387 e. The number of hydrogen-bond acceptors (Lipinski definition) is 5. The zero-order valence-corrected chi connectivity index (χ0v) is 15.2. The summed E-state index contributed by atoms with van der Waals surface area (Å²) in [4.78, 5) is 14.3. The zero-order chi connectivity index (χ0) is 18.0. The van der Waals surface area contributed by atoms with Gasteiger partial charge in [0.2, 0.25) is 0 Å². The summed E-state index contributed by atoms with van der Waals surface area (Å²) in [6, 6.07) is 6.14. The number of aromatic nitrogens is 3. The molecule has 1 N–H and O–H groups in total. The minimum Gasteiger partial charge on any atom is -0.435 e. The van der Waals surface area contributed by atoms with E-state index in [4.69, 9.17) is 0 Å². The molecule has 1 aliphatic rings. The molecule has 142 valence electrons. The van der Waals surface area contributed by atoms with Crippen LogP contribution in [-0.4, -0.2) is 58.6 Å². The summed E-state index contributed by atoms with van der Waals surface area (Å²) in [7, 11) is 1.76. The van der Waals surface area contributed by atoms with Crippen LogP contribution in [0.1, 0.15) is 22.6 Å². The fraction of sp³-hybridized carbons (Fsp3) is 0.438. The van der Waals surface area contributed by atoms with Crippen molar-refractivity contribution in [3.8, 4) is 11.4 Å². The second-order valence-electron chi connectivity index (χ2n) is 5.87.